The molecule has 1 aromatic heterocycles. The second kappa shape index (κ2) is 9.34. The number of nitrogens with zero attached hydrogens (tertiary/aromatic N) is 4. The van der Waals surface area contributed by atoms with Crippen molar-refractivity contribution in [3.8, 4) is 0 Å². The molecule has 1 heterocycles. The lowest BCUT2D eigenvalue weighted by molar-refractivity contribution is -0.384. The molecule has 0 saturated heterocycles. The van der Waals surface area contributed by atoms with Crippen LogP contribution in [0.25, 0.3) is 11.0 Å². The maximum atomic E-state index is 12.3. The Morgan fingerprint density at radius 2 is 1.88 bits per heavy atom. The molecule has 3 rings (SSSR count). The summed E-state index contributed by atoms with van der Waals surface area (Å²) in [5.41, 5.74) is 5.47. The van der Waals surface area contributed by atoms with Gasteiger partial charge in [0.2, 0.25) is 15.9 Å². The van der Waals surface area contributed by atoms with Gasteiger partial charge in [-0.2, -0.15) is 0 Å². The van der Waals surface area contributed by atoms with E-state index in [0.717, 1.165) is 10.4 Å². The molecule has 0 spiro atoms. The molecule has 2 amide bonds. The van der Waals surface area contributed by atoms with Crippen molar-refractivity contribution in [2.24, 2.45) is 7.05 Å². The Bertz CT molecular complexity index is 1350. The number of sulfonamides is 1. The van der Waals surface area contributed by atoms with Crippen molar-refractivity contribution < 1.29 is 22.9 Å². The molecular weight excluding hydrogens is 452 g/mol. The van der Waals surface area contributed by atoms with Gasteiger partial charge in [-0.05, 0) is 24.3 Å². The molecule has 0 aliphatic rings. The lowest BCUT2D eigenvalue weighted by Crippen LogP contribution is -2.41. The van der Waals surface area contributed by atoms with Crippen molar-refractivity contribution >= 4 is 38.6 Å². The highest BCUT2D eigenvalue weighted by atomic mass is 32.2. The summed E-state index contributed by atoms with van der Waals surface area (Å²) in [6.45, 7) is 0. The fourth-order valence-electron chi connectivity index (χ4n) is 3.07. The number of hydrogen-bond donors (Lipinski definition) is 2. The largest absolute Gasteiger partial charge is 0.331 e. The van der Waals surface area contributed by atoms with Crippen LogP contribution in [0.1, 0.15) is 22.6 Å². The third kappa shape index (κ3) is 5.15. The van der Waals surface area contributed by atoms with Crippen LogP contribution in [-0.2, 0) is 28.3 Å². The highest BCUT2D eigenvalue weighted by molar-refractivity contribution is 7.89. The van der Waals surface area contributed by atoms with Crippen molar-refractivity contribution in [2.75, 3.05) is 14.1 Å². The van der Waals surface area contributed by atoms with E-state index in [1.54, 1.807) is 17.7 Å². The Labute approximate surface area is 189 Å². The predicted molar refractivity (Wildman–Crippen MR) is 119 cm³/mol. The topological polar surface area (TPSA) is 157 Å². The molecule has 3 aromatic rings. The van der Waals surface area contributed by atoms with Crippen LogP contribution in [-0.4, -0.2) is 53.1 Å². The van der Waals surface area contributed by atoms with Gasteiger partial charge in [-0.15, -0.1) is 0 Å². The molecule has 12 nitrogen and oxygen atoms in total. The van der Waals surface area contributed by atoms with Crippen LogP contribution >= 0.6 is 0 Å². The van der Waals surface area contributed by atoms with E-state index in [1.807, 2.05) is 0 Å². The van der Waals surface area contributed by atoms with Crippen LogP contribution < -0.4 is 10.9 Å². The van der Waals surface area contributed by atoms with Gasteiger partial charge in [0.1, 0.15) is 5.82 Å². The van der Waals surface area contributed by atoms with Crippen LogP contribution in [0.15, 0.2) is 47.4 Å². The number of carbonyl (C=O) groups excluding carboxylic acids is 2. The fourth-order valence-corrected chi connectivity index (χ4v) is 3.99. The normalized spacial score (nSPS) is 11.5. The van der Waals surface area contributed by atoms with E-state index in [9.17, 15) is 28.1 Å². The Morgan fingerprint density at radius 1 is 1.15 bits per heavy atom. The number of benzene rings is 2. The number of nitrogens with one attached hydrogen (secondary N) is 2. The van der Waals surface area contributed by atoms with Crippen molar-refractivity contribution in [3.05, 3.63) is 64.0 Å². The van der Waals surface area contributed by atoms with E-state index < -0.39 is 26.8 Å². The average molecular weight is 474 g/mol. The first-order chi connectivity index (χ1) is 15.5. The number of hydrazine groups is 1. The predicted octanol–water partition coefficient (Wildman–Crippen LogP) is 1.13. The molecular formula is C20H22N6O6S. The highest BCUT2D eigenvalue weighted by Crippen LogP contribution is 2.22. The smallest absolute Gasteiger partial charge is 0.270 e. The number of carbonyl (C=O) groups is 2. The van der Waals surface area contributed by atoms with E-state index >= 15 is 0 Å². The Hall–Kier alpha value is -3.84. The summed E-state index contributed by atoms with van der Waals surface area (Å²) in [6.07, 6.45) is 0.231. The minimum absolute atomic E-state index is 0.00473. The summed E-state index contributed by atoms with van der Waals surface area (Å²) in [6, 6.07) is 9.75. The lowest BCUT2D eigenvalue weighted by Gasteiger charge is -2.10. The lowest BCUT2D eigenvalue weighted by atomic mass is 10.2. The molecule has 33 heavy (non-hydrogen) atoms. The summed E-state index contributed by atoms with van der Waals surface area (Å²) in [7, 11) is 1.04. The molecule has 0 bridgehead atoms. The van der Waals surface area contributed by atoms with E-state index in [-0.39, 0.29) is 29.0 Å². The van der Waals surface area contributed by atoms with E-state index in [4.69, 9.17) is 0 Å². The summed E-state index contributed by atoms with van der Waals surface area (Å²) in [4.78, 5) is 39.0. The molecule has 0 radical (unpaired) electrons. The van der Waals surface area contributed by atoms with Crippen LogP contribution in [0.4, 0.5) is 5.69 Å². The average Bonchev–Trinajstić information content (AvgIpc) is 3.10. The zero-order valence-corrected chi connectivity index (χ0v) is 18.9. The van der Waals surface area contributed by atoms with Crippen molar-refractivity contribution in [1.82, 2.24) is 24.7 Å². The fraction of sp³-hybridized carbons (Fsp3) is 0.250. The van der Waals surface area contributed by atoms with Crippen LogP contribution in [0.2, 0.25) is 0 Å². The van der Waals surface area contributed by atoms with Gasteiger partial charge >= 0.3 is 0 Å². The maximum Gasteiger partial charge on any atom is 0.270 e. The van der Waals surface area contributed by atoms with E-state index in [1.165, 1.54) is 44.4 Å². The first-order valence-electron chi connectivity index (χ1n) is 9.72. The van der Waals surface area contributed by atoms with E-state index in [2.05, 4.69) is 15.8 Å². The quantitative estimate of drug-likeness (QED) is 0.384. The van der Waals surface area contributed by atoms with Crippen molar-refractivity contribution in [1.29, 1.82) is 0 Å². The van der Waals surface area contributed by atoms with Crippen LogP contribution in [0.5, 0.6) is 0 Å². The molecule has 174 valence electrons. The molecule has 2 N–H and O–H groups in total. The number of aryl methyl sites for hydroxylation is 2. The molecule has 0 aliphatic carbocycles. The van der Waals surface area contributed by atoms with Gasteiger partial charge in [-0.3, -0.25) is 30.6 Å². The third-order valence-electron chi connectivity index (χ3n) is 4.93. The highest BCUT2D eigenvalue weighted by Gasteiger charge is 2.19. The zero-order valence-electron chi connectivity index (χ0n) is 18.1. The van der Waals surface area contributed by atoms with E-state index in [0.29, 0.717) is 16.9 Å². The SMILES string of the molecule is CN(C)S(=O)(=O)c1ccc2c(c1)nc(CCC(=O)NNC(=O)c1cccc([N+](=O)[O-])c1)n2C. The number of hydrogen-bond acceptors (Lipinski definition) is 7. The number of imidazole rings is 1. The number of amides is 2. The van der Waals surface area contributed by atoms with Gasteiger partial charge in [0.25, 0.3) is 11.6 Å². The monoisotopic (exact) mass is 474 g/mol. The van der Waals surface area contributed by atoms with Gasteiger partial charge in [-0.1, -0.05) is 6.07 Å². The minimum Gasteiger partial charge on any atom is -0.331 e. The Morgan fingerprint density at radius 3 is 2.55 bits per heavy atom. The van der Waals surface area contributed by atoms with Crippen LogP contribution in [0.3, 0.4) is 0 Å². The summed E-state index contributed by atoms with van der Waals surface area (Å²) < 4.78 is 27.5. The molecule has 13 heteroatoms. The summed E-state index contributed by atoms with van der Waals surface area (Å²) >= 11 is 0. The first kappa shape index (κ1) is 23.8. The van der Waals surface area contributed by atoms with Crippen molar-refractivity contribution in [2.45, 2.75) is 17.7 Å². The third-order valence-corrected chi connectivity index (χ3v) is 6.74. The molecule has 0 atom stereocenters. The number of nitro groups is 1. The zero-order chi connectivity index (χ0) is 24.3. The minimum atomic E-state index is -3.60. The van der Waals surface area contributed by atoms with Gasteiger partial charge < -0.3 is 4.57 Å². The Balaban J connectivity index is 1.63. The van der Waals surface area contributed by atoms with Crippen LogP contribution in [0, 0.1) is 10.1 Å². The molecule has 0 unspecified atom stereocenters. The Kier molecular flexibility index (Phi) is 6.74. The molecule has 0 fully saturated rings. The number of non-ortho nitro benzene ring substituents is 1. The summed E-state index contributed by atoms with van der Waals surface area (Å²) in [5, 5.41) is 10.8. The number of nitro benzene ring substituents is 1. The molecule has 0 aliphatic heterocycles. The second-order valence-corrected chi connectivity index (χ2v) is 9.49. The molecule has 0 saturated carbocycles. The van der Waals surface area contributed by atoms with Gasteiger partial charge in [0.15, 0.2) is 0 Å². The number of rotatable bonds is 7. The van der Waals surface area contributed by atoms with Gasteiger partial charge in [0, 0.05) is 51.7 Å². The maximum absolute atomic E-state index is 12.3. The van der Waals surface area contributed by atoms with Crippen molar-refractivity contribution in [3.63, 3.8) is 0 Å². The van der Waals surface area contributed by atoms with Gasteiger partial charge in [-0.25, -0.2) is 17.7 Å². The summed E-state index contributed by atoms with van der Waals surface area (Å²) in [5.74, 6) is -0.620. The van der Waals surface area contributed by atoms with Gasteiger partial charge in [0.05, 0.1) is 20.9 Å². The molecule has 2 aromatic carbocycles. The second-order valence-electron chi connectivity index (χ2n) is 7.33. The first-order valence-corrected chi connectivity index (χ1v) is 11.2. The standard InChI is InChI=1S/C20H22N6O6S/c1-24(2)33(31,32)15-7-8-17-16(12-15)21-18(25(17)3)9-10-19(27)22-23-20(28)13-5-4-6-14(11-13)26(29)30/h4-8,11-12H,9-10H2,1-3H3,(H,22,27)(H,23,28). The number of aromatic nitrogens is 2. The number of fused-ring (bicyclic) bond motifs is 1.